The predicted octanol–water partition coefficient (Wildman–Crippen LogP) is 1.98. The fourth-order valence-corrected chi connectivity index (χ4v) is 2.75. The lowest BCUT2D eigenvalue weighted by molar-refractivity contribution is 0.329. The van der Waals surface area contributed by atoms with Crippen LogP contribution < -0.4 is 20.1 Å². The Morgan fingerprint density at radius 3 is 2.35 bits per heavy atom. The minimum atomic E-state index is 0.487. The van der Waals surface area contributed by atoms with Crippen molar-refractivity contribution in [2.45, 2.75) is 38.3 Å². The monoisotopic (exact) mass is 278 g/mol. The summed E-state index contributed by atoms with van der Waals surface area (Å²) in [4.78, 5) is 0. The Morgan fingerprint density at radius 2 is 1.75 bits per heavy atom. The molecular weight excluding hydrogens is 252 g/mol. The zero-order valence-electron chi connectivity index (χ0n) is 12.7. The van der Waals surface area contributed by atoms with E-state index in [2.05, 4.69) is 29.7 Å². The highest BCUT2D eigenvalue weighted by Gasteiger charge is 2.19. The summed E-state index contributed by atoms with van der Waals surface area (Å²) in [6.45, 7) is 4.32. The molecule has 1 fully saturated rings. The topological polar surface area (TPSA) is 42.5 Å². The number of methoxy groups -OCH3 is 2. The maximum absolute atomic E-state index is 5.35. The molecule has 20 heavy (non-hydrogen) atoms. The van der Waals surface area contributed by atoms with Gasteiger partial charge in [0.2, 0.25) is 0 Å². The zero-order valence-corrected chi connectivity index (χ0v) is 12.7. The Bertz CT molecular complexity index is 415. The van der Waals surface area contributed by atoms with Gasteiger partial charge in [-0.05, 0) is 30.5 Å². The lowest BCUT2D eigenvalue weighted by atomic mass is 10.0. The molecule has 2 N–H and O–H groups in total. The third-order valence-electron chi connectivity index (χ3n) is 3.87. The Labute approximate surface area is 121 Å². The van der Waals surface area contributed by atoms with Crippen LogP contribution in [0.1, 0.15) is 25.3 Å². The summed E-state index contributed by atoms with van der Waals surface area (Å²) in [5.41, 5.74) is 1.27. The van der Waals surface area contributed by atoms with Gasteiger partial charge in [-0.1, -0.05) is 19.4 Å². The van der Waals surface area contributed by atoms with Crippen molar-refractivity contribution in [2.24, 2.45) is 0 Å². The third kappa shape index (κ3) is 3.87. The maximum atomic E-state index is 5.35. The standard InChI is InChI=1S/C16H26N2O2/c1-4-5-13-10-18-14(11-17-13)8-12-6-7-15(19-2)16(9-12)20-3/h6-7,9,13-14,17-18H,4-5,8,10-11H2,1-3H3. The van der Waals surface area contributed by atoms with E-state index in [1.165, 1.54) is 18.4 Å². The van der Waals surface area contributed by atoms with E-state index in [0.29, 0.717) is 12.1 Å². The van der Waals surface area contributed by atoms with E-state index in [1.54, 1.807) is 14.2 Å². The molecule has 0 amide bonds. The van der Waals surface area contributed by atoms with Crippen LogP contribution in [0.5, 0.6) is 11.5 Å². The van der Waals surface area contributed by atoms with Gasteiger partial charge in [0.25, 0.3) is 0 Å². The number of ether oxygens (including phenoxy) is 2. The van der Waals surface area contributed by atoms with Gasteiger partial charge in [-0.3, -0.25) is 0 Å². The van der Waals surface area contributed by atoms with E-state index < -0.39 is 0 Å². The van der Waals surface area contributed by atoms with Crippen molar-refractivity contribution in [1.29, 1.82) is 0 Å². The lowest BCUT2D eigenvalue weighted by Gasteiger charge is -2.31. The number of benzene rings is 1. The van der Waals surface area contributed by atoms with Gasteiger partial charge in [0.15, 0.2) is 11.5 Å². The van der Waals surface area contributed by atoms with Gasteiger partial charge in [-0.25, -0.2) is 0 Å². The highest BCUT2D eigenvalue weighted by molar-refractivity contribution is 5.43. The van der Waals surface area contributed by atoms with Crippen molar-refractivity contribution in [1.82, 2.24) is 10.6 Å². The van der Waals surface area contributed by atoms with Crippen molar-refractivity contribution < 1.29 is 9.47 Å². The van der Waals surface area contributed by atoms with E-state index in [0.717, 1.165) is 31.0 Å². The highest BCUT2D eigenvalue weighted by atomic mass is 16.5. The number of rotatable bonds is 6. The summed E-state index contributed by atoms with van der Waals surface area (Å²) < 4.78 is 10.6. The van der Waals surface area contributed by atoms with Crippen LogP contribution in [0.15, 0.2) is 18.2 Å². The largest absolute Gasteiger partial charge is 0.493 e. The summed E-state index contributed by atoms with van der Waals surface area (Å²) in [6.07, 6.45) is 3.49. The Morgan fingerprint density at radius 1 is 1.05 bits per heavy atom. The van der Waals surface area contributed by atoms with Crippen LogP contribution in [0.4, 0.5) is 0 Å². The molecule has 112 valence electrons. The van der Waals surface area contributed by atoms with Crippen LogP contribution in [0.25, 0.3) is 0 Å². The fraction of sp³-hybridized carbons (Fsp3) is 0.625. The second-order valence-electron chi connectivity index (χ2n) is 5.39. The SMILES string of the molecule is CCCC1CNC(Cc2ccc(OC)c(OC)c2)CN1. The van der Waals surface area contributed by atoms with Gasteiger partial charge in [0, 0.05) is 25.2 Å². The fourth-order valence-electron chi connectivity index (χ4n) is 2.75. The Hall–Kier alpha value is -1.26. The molecule has 0 saturated carbocycles. The minimum absolute atomic E-state index is 0.487. The number of hydrogen-bond acceptors (Lipinski definition) is 4. The van der Waals surface area contributed by atoms with Crippen LogP contribution in [0.2, 0.25) is 0 Å². The molecule has 0 aliphatic carbocycles. The Balaban J connectivity index is 1.91. The first-order valence-electron chi connectivity index (χ1n) is 7.44. The summed E-state index contributed by atoms with van der Waals surface area (Å²) in [5.74, 6) is 1.59. The van der Waals surface area contributed by atoms with Crippen LogP contribution >= 0.6 is 0 Å². The van der Waals surface area contributed by atoms with Crippen molar-refractivity contribution in [3.8, 4) is 11.5 Å². The molecule has 0 aromatic heterocycles. The van der Waals surface area contributed by atoms with E-state index >= 15 is 0 Å². The van der Waals surface area contributed by atoms with E-state index in [4.69, 9.17) is 9.47 Å². The summed E-state index contributed by atoms with van der Waals surface area (Å²) in [5, 5.41) is 7.26. The molecule has 2 unspecified atom stereocenters. The van der Waals surface area contributed by atoms with Crippen molar-refractivity contribution in [2.75, 3.05) is 27.3 Å². The highest BCUT2D eigenvalue weighted by Crippen LogP contribution is 2.28. The molecule has 1 aliphatic rings. The van der Waals surface area contributed by atoms with E-state index in [-0.39, 0.29) is 0 Å². The van der Waals surface area contributed by atoms with Gasteiger partial charge in [0.1, 0.15) is 0 Å². The molecule has 2 atom stereocenters. The summed E-state index contributed by atoms with van der Waals surface area (Å²) in [7, 11) is 3.34. The predicted molar refractivity (Wildman–Crippen MR) is 81.7 cm³/mol. The van der Waals surface area contributed by atoms with Crippen molar-refractivity contribution >= 4 is 0 Å². The lowest BCUT2D eigenvalue weighted by Crippen LogP contribution is -2.54. The number of piperazine rings is 1. The Kier molecular flexibility index (Phi) is 5.68. The first kappa shape index (κ1) is 15.1. The third-order valence-corrected chi connectivity index (χ3v) is 3.87. The minimum Gasteiger partial charge on any atom is -0.493 e. The zero-order chi connectivity index (χ0) is 14.4. The molecule has 2 rings (SSSR count). The molecule has 0 radical (unpaired) electrons. The maximum Gasteiger partial charge on any atom is 0.160 e. The van der Waals surface area contributed by atoms with Gasteiger partial charge in [-0.15, -0.1) is 0 Å². The molecular formula is C16H26N2O2. The molecule has 1 aromatic rings. The summed E-state index contributed by atoms with van der Waals surface area (Å²) in [6, 6.07) is 7.27. The molecule has 1 aliphatic heterocycles. The quantitative estimate of drug-likeness (QED) is 0.835. The molecule has 1 aromatic carbocycles. The average Bonchev–Trinajstić information content (AvgIpc) is 2.49. The molecule has 1 heterocycles. The molecule has 0 bridgehead atoms. The first-order valence-corrected chi connectivity index (χ1v) is 7.44. The van der Waals surface area contributed by atoms with Crippen LogP contribution in [-0.2, 0) is 6.42 Å². The van der Waals surface area contributed by atoms with Gasteiger partial charge in [0.05, 0.1) is 14.2 Å². The normalized spacial score (nSPS) is 22.6. The van der Waals surface area contributed by atoms with Crippen LogP contribution in [-0.4, -0.2) is 39.4 Å². The molecule has 0 spiro atoms. The van der Waals surface area contributed by atoms with Crippen molar-refractivity contribution in [3.05, 3.63) is 23.8 Å². The molecule has 1 saturated heterocycles. The summed E-state index contributed by atoms with van der Waals surface area (Å²) >= 11 is 0. The van der Waals surface area contributed by atoms with Crippen LogP contribution in [0.3, 0.4) is 0 Å². The second kappa shape index (κ2) is 7.50. The average molecular weight is 278 g/mol. The van der Waals surface area contributed by atoms with E-state index in [1.807, 2.05) is 6.07 Å². The van der Waals surface area contributed by atoms with Crippen molar-refractivity contribution in [3.63, 3.8) is 0 Å². The van der Waals surface area contributed by atoms with Gasteiger partial charge < -0.3 is 20.1 Å². The van der Waals surface area contributed by atoms with E-state index in [9.17, 15) is 0 Å². The first-order chi connectivity index (χ1) is 9.76. The smallest absolute Gasteiger partial charge is 0.160 e. The number of hydrogen-bond donors (Lipinski definition) is 2. The van der Waals surface area contributed by atoms with Gasteiger partial charge >= 0.3 is 0 Å². The van der Waals surface area contributed by atoms with Gasteiger partial charge in [-0.2, -0.15) is 0 Å². The molecule has 4 heteroatoms. The molecule has 4 nitrogen and oxygen atoms in total. The van der Waals surface area contributed by atoms with Crippen LogP contribution in [0, 0.1) is 0 Å². The second-order valence-corrected chi connectivity index (χ2v) is 5.39. The number of nitrogens with one attached hydrogen (secondary N) is 2.